The van der Waals surface area contributed by atoms with Gasteiger partial charge >= 0.3 is 0 Å². The summed E-state index contributed by atoms with van der Waals surface area (Å²) in [6, 6.07) is 3.95. The number of halogens is 1. The summed E-state index contributed by atoms with van der Waals surface area (Å²) < 4.78 is 22.2. The van der Waals surface area contributed by atoms with Gasteiger partial charge in [0.05, 0.1) is 35.7 Å². The van der Waals surface area contributed by atoms with Crippen LogP contribution in [0.2, 0.25) is 0 Å². The number of rotatable bonds is 7. The van der Waals surface area contributed by atoms with Crippen LogP contribution in [0.25, 0.3) is 11.4 Å². The maximum Gasteiger partial charge on any atom is 0.228 e. The number of imidazole rings is 1. The van der Waals surface area contributed by atoms with Gasteiger partial charge in [-0.05, 0) is 31.9 Å². The molecule has 9 nitrogen and oxygen atoms in total. The van der Waals surface area contributed by atoms with Crippen LogP contribution < -0.4 is 16.4 Å². The van der Waals surface area contributed by atoms with E-state index in [0.717, 1.165) is 24.4 Å². The number of nitrogens with zero attached hydrogens (tertiary/aromatic N) is 5. The fourth-order valence-electron chi connectivity index (χ4n) is 3.57. The number of ether oxygens (including phenoxy) is 1. The van der Waals surface area contributed by atoms with Crippen molar-refractivity contribution in [3.8, 4) is 11.4 Å². The van der Waals surface area contributed by atoms with E-state index in [2.05, 4.69) is 35.1 Å². The number of pyridine rings is 1. The molecule has 0 saturated carbocycles. The second-order valence-electron chi connectivity index (χ2n) is 7.09. The third-order valence-electron chi connectivity index (χ3n) is 5.06. The number of aromatic nitrogens is 5. The Labute approximate surface area is 173 Å². The van der Waals surface area contributed by atoms with Crippen molar-refractivity contribution in [2.75, 3.05) is 25.2 Å². The summed E-state index contributed by atoms with van der Waals surface area (Å²) in [6.07, 6.45) is 6.24. The van der Waals surface area contributed by atoms with E-state index in [1.165, 1.54) is 6.20 Å². The van der Waals surface area contributed by atoms with Gasteiger partial charge in [0.1, 0.15) is 11.5 Å². The minimum atomic E-state index is -0.491. The molecule has 4 rings (SSSR count). The predicted molar refractivity (Wildman–Crippen MR) is 110 cm³/mol. The van der Waals surface area contributed by atoms with Gasteiger partial charge in [-0.25, -0.2) is 19.3 Å². The van der Waals surface area contributed by atoms with Gasteiger partial charge in [0.25, 0.3) is 0 Å². The van der Waals surface area contributed by atoms with Crippen LogP contribution in [0.3, 0.4) is 0 Å². The number of hydrogen-bond donors (Lipinski definition) is 3. The van der Waals surface area contributed by atoms with E-state index in [0.29, 0.717) is 43.8 Å². The van der Waals surface area contributed by atoms with Crippen LogP contribution in [-0.4, -0.2) is 44.4 Å². The molecule has 1 fully saturated rings. The van der Waals surface area contributed by atoms with Crippen LogP contribution in [0.15, 0.2) is 30.7 Å². The Morgan fingerprint density at radius 3 is 2.73 bits per heavy atom. The van der Waals surface area contributed by atoms with Crippen molar-refractivity contribution < 1.29 is 9.13 Å². The smallest absolute Gasteiger partial charge is 0.228 e. The third-order valence-corrected chi connectivity index (χ3v) is 5.06. The summed E-state index contributed by atoms with van der Waals surface area (Å²) in [7, 11) is 0. The second kappa shape index (κ2) is 9.24. The zero-order chi connectivity index (χ0) is 20.9. The molecule has 3 aromatic rings. The van der Waals surface area contributed by atoms with Crippen LogP contribution in [0.5, 0.6) is 0 Å². The Kier molecular flexibility index (Phi) is 6.26. The summed E-state index contributed by atoms with van der Waals surface area (Å²) in [5.74, 6) is 0.629. The fourth-order valence-corrected chi connectivity index (χ4v) is 3.57. The van der Waals surface area contributed by atoms with Gasteiger partial charge in [-0.3, -0.25) is 10.3 Å². The maximum absolute atomic E-state index is 14.7. The molecule has 0 aromatic carbocycles. The van der Waals surface area contributed by atoms with Crippen LogP contribution in [0.4, 0.5) is 16.0 Å². The first-order valence-corrected chi connectivity index (χ1v) is 9.93. The first-order valence-electron chi connectivity index (χ1n) is 9.93. The highest BCUT2D eigenvalue weighted by Gasteiger charge is 2.23. The number of hydrogen-bond acceptors (Lipinski definition) is 8. The van der Waals surface area contributed by atoms with Crippen molar-refractivity contribution in [3.05, 3.63) is 48.1 Å². The van der Waals surface area contributed by atoms with Gasteiger partial charge in [0.2, 0.25) is 5.95 Å². The highest BCUT2D eigenvalue weighted by Crippen LogP contribution is 2.30. The molecule has 1 saturated heterocycles. The molecule has 0 aliphatic carbocycles. The van der Waals surface area contributed by atoms with Crippen LogP contribution in [-0.2, 0) is 11.3 Å². The molecule has 158 valence electrons. The Bertz CT molecular complexity index is 985. The molecule has 4 heterocycles. The van der Waals surface area contributed by atoms with E-state index in [9.17, 15) is 4.39 Å². The summed E-state index contributed by atoms with van der Waals surface area (Å²) in [5, 5.41) is 6.10. The van der Waals surface area contributed by atoms with E-state index in [1.54, 1.807) is 12.4 Å². The molecule has 0 amide bonds. The van der Waals surface area contributed by atoms with Crippen molar-refractivity contribution in [2.24, 2.45) is 5.73 Å². The molecule has 0 spiro atoms. The minimum Gasteiger partial charge on any atom is -0.381 e. The summed E-state index contributed by atoms with van der Waals surface area (Å²) in [4.78, 5) is 17.3. The van der Waals surface area contributed by atoms with Crippen LogP contribution in [0, 0.1) is 12.7 Å². The zero-order valence-electron chi connectivity index (χ0n) is 16.8. The molecule has 0 unspecified atom stereocenters. The summed E-state index contributed by atoms with van der Waals surface area (Å²) in [6.45, 7) is 4.26. The number of anilines is 2. The summed E-state index contributed by atoms with van der Waals surface area (Å²) in [5.41, 5.74) is 7.86. The molecular weight excluding hydrogens is 387 g/mol. The van der Waals surface area contributed by atoms with Gasteiger partial charge in [0, 0.05) is 32.5 Å². The average Bonchev–Trinajstić information content (AvgIpc) is 3.16. The van der Waals surface area contributed by atoms with Gasteiger partial charge < -0.3 is 20.4 Å². The standard InChI is InChI=1S/C20H25FN8O/c1-13-24-11-18(29(13)16-4-6-30-7-5-16)19-17(21)10-26-20(28-19)27-15-3-2-14(25-9-15)8-23-12-22/h2-3,9-11,16,23H,4-8,12,22H2,1H3,(H,26,27,28). The molecule has 1 aliphatic heterocycles. The van der Waals surface area contributed by atoms with Crippen LogP contribution in [0.1, 0.15) is 30.4 Å². The predicted octanol–water partition coefficient (Wildman–Crippen LogP) is 2.28. The lowest BCUT2D eigenvalue weighted by Gasteiger charge is -2.26. The molecular formula is C20H25FN8O. The quantitative estimate of drug-likeness (QED) is 0.506. The molecule has 30 heavy (non-hydrogen) atoms. The van der Waals surface area contributed by atoms with Crippen molar-refractivity contribution in [1.82, 2.24) is 29.8 Å². The van der Waals surface area contributed by atoms with E-state index in [-0.39, 0.29) is 11.7 Å². The Morgan fingerprint density at radius 1 is 1.17 bits per heavy atom. The third kappa shape index (κ3) is 4.45. The van der Waals surface area contributed by atoms with E-state index in [4.69, 9.17) is 10.5 Å². The SMILES string of the molecule is Cc1ncc(-c2nc(Nc3ccc(CNCN)nc3)ncc2F)n1C1CCOCC1. The lowest BCUT2D eigenvalue weighted by molar-refractivity contribution is 0.0694. The zero-order valence-corrected chi connectivity index (χ0v) is 16.8. The van der Waals surface area contributed by atoms with Crippen molar-refractivity contribution in [3.63, 3.8) is 0 Å². The van der Waals surface area contributed by atoms with E-state index in [1.807, 2.05) is 19.1 Å². The Morgan fingerprint density at radius 2 is 2.00 bits per heavy atom. The maximum atomic E-state index is 14.7. The van der Waals surface area contributed by atoms with Crippen molar-refractivity contribution in [1.29, 1.82) is 0 Å². The molecule has 0 atom stereocenters. The molecule has 0 radical (unpaired) electrons. The highest BCUT2D eigenvalue weighted by atomic mass is 19.1. The van der Waals surface area contributed by atoms with E-state index >= 15 is 0 Å². The van der Waals surface area contributed by atoms with Gasteiger partial charge in [-0.15, -0.1) is 0 Å². The monoisotopic (exact) mass is 412 g/mol. The first-order chi connectivity index (χ1) is 14.7. The van der Waals surface area contributed by atoms with Crippen LogP contribution >= 0.6 is 0 Å². The first kappa shape index (κ1) is 20.3. The normalized spacial score (nSPS) is 14.8. The Balaban J connectivity index is 1.58. The van der Waals surface area contributed by atoms with Gasteiger partial charge in [0.15, 0.2) is 5.82 Å². The summed E-state index contributed by atoms with van der Waals surface area (Å²) >= 11 is 0. The van der Waals surface area contributed by atoms with Gasteiger partial charge in [-0.1, -0.05) is 0 Å². The minimum absolute atomic E-state index is 0.209. The molecule has 0 bridgehead atoms. The molecule has 3 aromatic heterocycles. The van der Waals surface area contributed by atoms with Crippen molar-refractivity contribution in [2.45, 2.75) is 32.4 Å². The van der Waals surface area contributed by atoms with E-state index < -0.39 is 5.82 Å². The topological polar surface area (TPSA) is 116 Å². The number of nitrogens with two attached hydrogens (primary N) is 1. The molecule has 4 N–H and O–H groups in total. The number of nitrogens with one attached hydrogen (secondary N) is 2. The average molecular weight is 412 g/mol. The Hall–Kier alpha value is -2.95. The largest absolute Gasteiger partial charge is 0.381 e. The number of aryl methyl sites for hydroxylation is 1. The van der Waals surface area contributed by atoms with Crippen molar-refractivity contribution >= 4 is 11.6 Å². The van der Waals surface area contributed by atoms with Gasteiger partial charge in [-0.2, -0.15) is 0 Å². The highest BCUT2D eigenvalue weighted by molar-refractivity contribution is 5.59. The molecule has 1 aliphatic rings. The second-order valence-corrected chi connectivity index (χ2v) is 7.09. The lowest BCUT2D eigenvalue weighted by Crippen LogP contribution is -2.22. The lowest BCUT2D eigenvalue weighted by atomic mass is 10.1. The fraction of sp³-hybridized carbons (Fsp3) is 0.400. The molecule has 10 heteroatoms.